The summed E-state index contributed by atoms with van der Waals surface area (Å²) in [5.74, 6) is -0.359. The summed E-state index contributed by atoms with van der Waals surface area (Å²) in [7, 11) is 3.77. The number of rotatable bonds is 5. The molecule has 0 aromatic carbocycles. The fraction of sp³-hybridized carbons (Fsp3) is 0.667. The molecule has 78 valence electrons. The van der Waals surface area contributed by atoms with Gasteiger partial charge in [0.15, 0.2) is 6.23 Å². The molecule has 0 radical (unpaired) electrons. The number of nitrogens with zero attached hydrogens (tertiary/aromatic N) is 1. The van der Waals surface area contributed by atoms with E-state index in [2.05, 4.69) is 13.5 Å². The van der Waals surface area contributed by atoms with Crippen LogP contribution in [0, 0.1) is 0 Å². The van der Waals surface area contributed by atoms with E-state index in [1.807, 2.05) is 19.0 Å². The Kier molecular flexibility index (Phi) is 9.61. The van der Waals surface area contributed by atoms with Crippen molar-refractivity contribution in [3.63, 3.8) is 0 Å². The lowest BCUT2D eigenvalue weighted by Gasteiger charge is -2.22. The molecule has 3 nitrogen and oxygen atoms in total. The molecule has 0 N–H and O–H groups in total. The Morgan fingerprint density at radius 3 is 2.46 bits per heavy atom. The molecule has 4 heteroatoms. The van der Waals surface area contributed by atoms with Gasteiger partial charge >= 0.3 is 5.97 Å². The van der Waals surface area contributed by atoms with E-state index in [9.17, 15) is 4.79 Å². The highest BCUT2D eigenvalue weighted by molar-refractivity contribution is 8.93. The predicted octanol–water partition coefficient (Wildman–Crippen LogP) is 1.98. The summed E-state index contributed by atoms with van der Waals surface area (Å²) in [5, 5.41) is 0. The van der Waals surface area contributed by atoms with Crippen LogP contribution >= 0.6 is 17.0 Å². The van der Waals surface area contributed by atoms with Crippen molar-refractivity contribution >= 4 is 23.0 Å². The van der Waals surface area contributed by atoms with E-state index in [1.165, 1.54) is 6.08 Å². The molecule has 0 aliphatic carbocycles. The van der Waals surface area contributed by atoms with Gasteiger partial charge in [-0.05, 0) is 20.5 Å². The zero-order chi connectivity index (χ0) is 9.56. The summed E-state index contributed by atoms with van der Waals surface area (Å²) in [4.78, 5) is 12.7. The van der Waals surface area contributed by atoms with Crippen LogP contribution in [0.15, 0.2) is 12.7 Å². The van der Waals surface area contributed by atoms with Crippen LogP contribution in [0.5, 0.6) is 0 Å². The average molecular weight is 252 g/mol. The Balaban J connectivity index is 0. The number of carbonyl (C=O) groups is 1. The first-order valence-electron chi connectivity index (χ1n) is 4.11. The molecule has 0 heterocycles. The standard InChI is InChI=1S/C9H17NO2.BrH/c1-5-7-8(10(3)4)12-9(11)6-2;/h6,8H,2,5,7H2,1,3-4H3;1H. The van der Waals surface area contributed by atoms with Crippen molar-refractivity contribution in [3.8, 4) is 0 Å². The number of ether oxygens (including phenoxy) is 1. The lowest BCUT2D eigenvalue weighted by atomic mass is 10.3. The first kappa shape index (κ1) is 15.1. The fourth-order valence-electron chi connectivity index (χ4n) is 0.852. The molecule has 0 saturated heterocycles. The number of halogens is 1. The van der Waals surface area contributed by atoms with Gasteiger partial charge in [-0.2, -0.15) is 0 Å². The molecule has 0 aromatic heterocycles. The maximum atomic E-state index is 10.8. The third kappa shape index (κ3) is 6.78. The molecule has 0 fully saturated rings. The van der Waals surface area contributed by atoms with Crippen LogP contribution < -0.4 is 0 Å². The fourth-order valence-corrected chi connectivity index (χ4v) is 0.852. The van der Waals surface area contributed by atoms with Crippen molar-refractivity contribution in [2.75, 3.05) is 14.1 Å². The van der Waals surface area contributed by atoms with Gasteiger partial charge in [-0.1, -0.05) is 19.9 Å². The molecule has 0 rings (SSSR count). The Labute approximate surface area is 90.5 Å². The third-order valence-corrected chi connectivity index (χ3v) is 1.53. The van der Waals surface area contributed by atoms with Crippen molar-refractivity contribution in [2.24, 2.45) is 0 Å². The van der Waals surface area contributed by atoms with Gasteiger partial charge in [0.05, 0.1) is 0 Å². The van der Waals surface area contributed by atoms with Crippen molar-refractivity contribution in [2.45, 2.75) is 26.0 Å². The van der Waals surface area contributed by atoms with Gasteiger partial charge in [-0.25, -0.2) is 4.79 Å². The van der Waals surface area contributed by atoms with E-state index >= 15 is 0 Å². The zero-order valence-electron chi connectivity index (χ0n) is 8.45. The molecule has 0 aliphatic heterocycles. The van der Waals surface area contributed by atoms with Crippen LogP contribution in [-0.2, 0) is 9.53 Å². The molecule has 0 aromatic rings. The Bertz CT molecular complexity index is 160. The number of hydrogen-bond donors (Lipinski definition) is 0. The summed E-state index contributed by atoms with van der Waals surface area (Å²) in [6.07, 6.45) is 2.91. The molecule has 0 aliphatic rings. The minimum atomic E-state index is -0.359. The van der Waals surface area contributed by atoms with E-state index < -0.39 is 0 Å². The first-order valence-corrected chi connectivity index (χ1v) is 4.11. The Morgan fingerprint density at radius 2 is 2.15 bits per heavy atom. The van der Waals surface area contributed by atoms with Gasteiger partial charge in [-0.3, -0.25) is 4.90 Å². The van der Waals surface area contributed by atoms with Crippen molar-refractivity contribution in [3.05, 3.63) is 12.7 Å². The molecule has 13 heavy (non-hydrogen) atoms. The van der Waals surface area contributed by atoms with Gasteiger partial charge in [0.1, 0.15) is 0 Å². The second kappa shape index (κ2) is 8.26. The van der Waals surface area contributed by atoms with Crippen LogP contribution in [0.25, 0.3) is 0 Å². The normalized spacial score (nSPS) is 11.7. The molecule has 1 atom stereocenters. The smallest absolute Gasteiger partial charge is 0.331 e. The van der Waals surface area contributed by atoms with Crippen LogP contribution in [0.4, 0.5) is 0 Å². The lowest BCUT2D eigenvalue weighted by Crippen LogP contribution is -2.32. The minimum Gasteiger partial charge on any atom is -0.443 e. The monoisotopic (exact) mass is 251 g/mol. The SMILES string of the molecule is Br.C=CC(=O)OC(CCC)N(C)C. The molecule has 0 bridgehead atoms. The van der Waals surface area contributed by atoms with E-state index in [0.717, 1.165) is 12.8 Å². The van der Waals surface area contributed by atoms with Gasteiger partial charge in [0, 0.05) is 6.08 Å². The number of esters is 1. The molecule has 0 spiro atoms. The van der Waals surface area contributed by atoms with Gasteiger partial charge in [-0.15, -0.1) is 17.0 Å². The molecule has 1 unspecified atom stereocenters. The first-order chi connectivity index (χ1) is 5.61. The van der Waals surface area contributed by atoms with Crippen molar-refractivity contribution in [1.29, 1.82) is 0 Å². The van der Waals surface area contributed by atoms with Crippen LogP contribution in [0.3, 0.4) is 0 Å². The van der Waals surface area contributed by atoms with E-state index in [1.54, 1.807) is 0 Å². The van der Waals surface area contributed by atoms with Crippen LogP contribution in [-0.4, -0.2) is 31.2 Å². The molecular weight excluding hydrogens is 234 g/mol. The second-order valence-electron chi connectivity index (χ2n) is 2.85. The number of hydrogen-bond acceptors (Lipinski definition) is 3. The highest BCUT2D eigenvalue weighted by Gasteiger charge is 2.12. The summed E-state index contributed by atoms with van der Waals surface area (Å²) >= 11 is 0. The topological polar surface area (TPSA) is 29.5 Å². The van der Waals surface area contributed by atoms with Crippen molar-refractivity contribution < 1.29 is 9.53 Å². The molecular formula is C9H18BrNO2. The summed E-state index contributed by atoms with van der Waals surface area (Å²) in [5.41, 5.74) is 0. The Hall–Kier alpha value is -0.350. The van der Waals surface area contributed by atoms with Gasteiger partial charge < -0.3 is 4.74 Å². The lowest BCUT2D eigenvalue weighted by molar-refractivity contribution is -0.151. The molecule has 0 saturated carbocycles. The zero-order valence-corrected chi connectivity index (χ0v) is 10.2. The van der Waals surface area contributed by atoms with E-state index in [-0.39, 0.29) is 29.2 Å². The second-order valence-corrected chi connectivity index (χ2v) is 2.85. The van der Waals surface area contributed by atoms with Crippen LogP contribution in [0.2, 0.25) is 0 Å². The third-order valence-electron chi connectivity index (χ3n) is 1.53. The maximum Gasteiger partial charge on any atom is 0.331 e. The van der Waals surface area contributed by atoms with E-state index in [0.29, 0.717) is 0 Å². The molecule has 0 amide bonds. The largest absolute Gasteiger partial charge is 0.443 e. The van der Waals surface area contributed by atoms with Crippen LogP contribution in [0.1, 0.15) is 19.8 Å². The van der Waals surface area contributed by atoms with Crippen molar-refractivity contribution in [1.82, 2.24) is 4.90 Å². The maximum absolute atomic E-state index is 10.8. The summed E-state index contributed by atoms with van der Waals surface area (Å²) < 4.78 is 5.07. The predicted molar refractivity (Wildman–Crippen MR) is 59.0 cm³/mol. The average Bonchev–Trinajstić information content (AvgIpc) is 2.03. The quantitative estimate of drug-likeness (QED) is 0.425. The number of carbonyl (C=O) groups excluding carboxylic acids is 1. The van der Waals surface area contributed by atoms with E-state index in [4.69, 9.17) is 4.74 Å². The summed E-state index contributed by atoms with van der Waals surface area (Å²) in [6, 6.07) is 0. The van der Waals surface area contributed by atoms with Gasteiger partial charge in [0.2, 0.25) is 0 Å². The van der Waals surface area contributed by atoms with Gasteiger partial charge in [0.25, 0.3) is 0 Å². The highest BCUT2D eigenvalue weighted by atomic mass is 79.9. The Morgan fingerprint density at radius 1 is 1.62 bits per heavy atom. The highest BCUT2D eigenvalue weighted by Crippen LogP contribution is 2.04. The minimum absolute atomic E-state index is 0. The summed E-state index contributed by atoms with van der Waals surface area (Å²) in [6.45, 7) is 5.39.